The van der Waals surface area contributed by atoms with Crippen LogP contribution in [0.2, 0.25) is 0 Å². The summed E-state index contributed by atoms with van der Waals surface area (Å²) < 4.78 is 35.1. The van der Waals surface area contributed by atoms with E-state index in [1.54, 1.807) is 48.5 Å². The highest BCUT2D eigenvalue weighted by atomic mass is 35.5. The van der Waals surface area contributed by atoms with Gasteiger partial charge >= 0.3 is 5.97 Å². The van der Waals surface area contributed by atoms with Crippen molar-refractivity contribution in [3.05, 3.63) is 119 Å². The number of anilines is 1. The maximum Gasteiger partial charge on any atom is 0.357 e. The van der Waals surface area contributed by atoms with Crippen LogP contribution in [0.1, 0.15) is 52.0 Å². The SMILES string of the molecule is COC(=O)c1ncc(C#Cc2ccccc2NS(=O)(=O)c2cccc3c2C(C)C/C=C/C=C\3Cl)c2ccccc12. The molecule has 1 aliphatic rings. The lowest BCUT2D eigenvalue weighted by atomic mass is 9.91. The van der Waals surface area contributed by atoms with Gasteiger partial charge in [-0.15, -0.1) is 0 Å². The average Bonchev–Trinajstić information content (AvgIpc) is 2.96. The quantitative estimate of drug-likeness (QED) is 0.215. The van der Waals surface area contributed by atoms with Gasteiger partial charge in [0.25, 0.3) is 10.0 Å². The summed E-state index contributed by atoms with van der Waals surface area (Å²) in [7, 11) is -2.68. The summed E-state index contributed by atoms with van der Waals surface area (Å²) in [6.07, 6.45) is 7.84. The Balaban J connectivity index is 1.54. The third kappa shape index (κ3) is 5.37. The van der Waals surface area contributed by atoms with Gasteiger partial charge < -0.3 is 4.74 Å². The van der Waals surface area contributed by atoms with E-state index in [-0.39, 0.29) is 16.5 Å². The molecule has 1 aromatic heterocycles. The number of hydrogen-bond donors (Lipinski definition) is 1. The molecular formula is C32H25ClN2O4S. The van der Waals surface area contributed by atoms with E-state index in [0.29, 0.717) is 44.8 Å². The number of ether oxygens (including phenoxy) is 1. The van der Waals surface area contributed by atoms with Gasteiger partial charge in [-0.3, -0.25) is 4.72 Å². The lowest BCUT2D eigenvalue weighted by molar-refractivity contribution is 0.0596. The third-order valence-corrected chi connectivity index (χ3v) is 8.40. The molecule has 0 radical (unpaired) electrons. The molecule has 5 rings (SSSR count). The second-order valence-electron chi connectivity index (χ2n) is 9.26. The molecule has 6 nitrogen and oxygen atoms in total. The number of carbonyl (C=O) groups is 1. The summed E-state index contributed by atoms with van der Waals surface area (Å²) >= 11 is 6.52. The van der Waals surface area contributed by atoms with Crippen LogP contribution in [0.5, 0.6) is 0 Å². The Morgan fingerprint density at radius 2 is 1.73 bits per heavy atom. The molecule has 0 amide bonds. The predicted molar refractivity (Wildman–Crippen MR) is 159 cm³/mol. The smallest absolute Gasteiger partial charge is 0.357 e. The minimum atomic E-state index is -3.99. The van der Waals surface area contributed by atoms with E-state index < -0.39 is 16.0 Å². The van der Waals surface area contributed by atoms with Crippen molar-refractivity contribution in [1.82, 2.24) is 4.98 Å². The number of pyridine rings is 1. The van der Waals surface area contributed by atoms with Crippen LogP contribution >= 0.6 is 11.6 Å². The molecule has 1 heterocycles. The summed E-state index contributed by atoms with van der Waals surface area (Å²) in [4.78, 5) is 16.6. The normalized spacial score (nSPS) is 16.8. The highest BCUT2D eigenvalue weighted by molar-refractivity contribution is 7.92. The Bertz CT molecular complexity index is 1870. The molecule has 200 valence electrons. The number of carbonyl (C=O) groups excluding carboxylic acids is 1. The molecule has 3 aromatic carbocycles. The Hall–Kier alpha value is -4.38. The van der Waals surface area contributed by atoms with Crippen molar-refractivity contribution in [1.29, 1.82) is 0 Å². The summed E-state index contributed by atoms with van der Waals surface area (Å²) in [5, 5.41) is 1.84. The van der Waals surface area contributed by atoms with Crippen LogP contribution < -0.4 is 4.72 Å². The zero-order valence-corrected chi connectivity index (χ0v) is 23.4. The van der Waals surface area contributed by atoms with Crippen molar-refractivity contribution in [3.63, 3.8) is 0 Å². The molecule has 1 unspecified atom stereocenters. The number of allylic oxidation sites excluding steroid dienone is 3. The molecule has 1 N–H and O–H groups in total. The molecule has 0 saturated carbocycles. The number of hydrogen-bond acceptors (Lipinski definition) is 5. The lowest BCUT2D eigenvalue weighted by Gasteiger charge is -2.21. The molecule has 40 heavy (non-hydrogen) atoms. The van der Waals surface area contributed by atoms with Crippen molar-refractivity contribution in [2.75, 3.05) is 11.8 Å². The van der Waals surface area contributed by atoms with Gasteiger partial charge in [0.15, 0.2) is 5.69 Å². The number of sulfonamides is 1. The number of fused-ring (bicyclic) bond motifs is 2. The molecule has 1 aliphatic carbocycles. The molecule has 4 aromatic rings. The maximum atomic E-state index is 13.8. The van der Waals surface area contributed by atoms with Gasteiger partial charge in [0, 0.05) is 27.6 Å². The summed E-state index contributed by atoms with van der Waals surface area (Å²) in [6, 6.07) is 19.4. The minimum Gasteiger partial charge on any atom is -0.464 e. The third-order valence-electron chi connectivity index (χ3n) is 6.65. The van der Waals surface area contributed by atoms with Crippen molar-refractivity contribution >= 4 is 49.1 Å². The number of methoxy groups -OCH3 is 1. The van der Waals surface area contributed by atoms with Gasteiger partial charge in [0.05, 0.1) is 23.3 Å². The summed E-state index contributed by atoms with van der Waals surface area (Å²) in [5.74, 6) is 5.58. The molecule has 0 aliphatic heterocycles. The fourth-order valence-electron chi connectivity index (χ4n) is 4.70. The van der Waals surface area contributed by atoms with Crippen LogP contribution in [-0.4, -0.2) is 26.5 Å². The topological polar surface area (TPSA) is 85.4 Å². The van der Waals surface area contributed by atoms with Gasteiger partial charge in [0.1, 0.15) is 0 Å². The summed E-state index contributed by atoms with van der Waals surface area (Å²) in [5.41, 5.74) is 3.00. The number of para-hydroxylation sites is 1. The fourth-order valence-corrected chi connectivity index (χ4v) is 6.38. The van der Waals surface area contributed by atoms with Crippen molar-refractivity contribution in [2.45, 2.75) is 24.2 Å². The Kier molecular flexibility index (Phi) is 7.74. The zero-order valence-electron chi connectivity index (χ0n) is 21.8. The van der Waals surface area contributed by atoms with E-state index in [2.05, 4.69) is 21.5 Å². The number of esters is 1. The van der Waals surface area contributed by atoms with E-state index in [1.807, 2.05) is 43.3 Å². The van der Waals surface area contributed by atoms with E-state index in [9.17, 15) is 13.2 Å². The van der Waals surface area contributed by atoms with Crippen LogP contribution in [0.4, 0.5) is 5.69 Å². The van der Waals surface area contributed by atoms with Gasteiger partial charge in [-0.25, -0.2) is 18.2 Å². The first-order chi connectivity index (χ1) is 19.3. The Morgan fingerprint density at radius 1 is 1.00 bits per heavy atom. The standard InChI is InChI=1S/C32H25ClN2O4S/c1-21-10-3-7-15-27(33)26-14-9-17-29(30(21)26)40(37,38)35-28-16-8-4-11-22(28)18-19-23-20-34-31(32(36)39-2)25-13-6-5-12-24(23)25/h3-9,11-17,20-21,35H,10H2,1-2H3/b7-3+,27-15+. The molecule has 0 fully saturated rings. The number of nitrogens with one attached hydrogen (secondary N) is 1. The largest absolute Gasteiger partial charge is 0.464 e. The van der Waals surface area contributed by atoms with Crippen LogP contribution in [0.15, 0.2) is 96.1 Å². The molecule has 1 atom stereocenters. The monoisotopic (exact) mass is 568 g/mol. The Labute approximate surface area is 238 Å². The first-order valence-corrected chi connectivity index (χ1v) is 14.4. The highest BCUT2D eigenvalue weighted by Gasteiger charge is 2.26. The Morgan fingerprint density at radius 3 is 2.52 bits per heavy atom. The van der Waals surface area contributed by atoms with E-state index in [1.165, 1.54) is 13.3 Å². The van der Waals surface area contributed by atoms with Crippen molar-refractivity contribution < 1.29 is 17.9 Å². The number of nitrogens with zero attached hydrogens (tertiary/aromatic N) is 1. The second kappa shape index (κ2) is 11.4. The van der Waals surface area contributed by atoms with Gasteiger partial charge in [-0.05, 0) is 47.7 Å². The second-order valence-corrected chi connectivity index (χ2v) is 11.3. The molecule has 0 spiro atoms. The molecule has 8 heteroatoms. The van der Waals surface area contributed by atoms with E-state index in [4.69, 9.17) is 16.3 Å². The first kappa shape index (κ1) is 27.2. The number of rotatable bonds is 4. The molecule has 0 saturated heterocycles. The summed E-state index contributed by atoms with van der Waals surface area (Å²) in [6.45, 7) is 1.99. The maximum absolute atomic E-state index is 13.8. The van der Waals surface area contributed by atoms with Crippen LogP contribution in [-0.2, 0) is 14.8 Å². The molecule has 0 bridgehead atoms. The van der Waals surface area contributed by atoms with Crippen molar-refractivity contribution in [2.24, 2.45) is 0 Å². The van der Waals surface area contributed by atoms with Gasteiger partial charge in [-0.1, -0.05) is 91.0 Å². The zero-order chi connectivity index (χ0) is 28.3. The fraction of sp³-hybridized carbons (Fsp3) is 0.125. The number of aromatic nitrogens is 1. The highest BCUT2D eigenvalue weighted by Crippen LogP contribution is 2.37. The van der Waals surface area contributed by atoms with Crippen LogP contribution in [0.25, 0.3) is 15.8 Å². The lowest BCUT2D eigenvalue weighted by Crippen LogP contribution is -2.17. The van der Waals surface area contributed by atoms with E-state index in [0.717, 1.165) is 5.39 Å². The first-order valence-electron chi connectivity index (χ1n) is 12.6. The van der Waals surface area contributed by atoms with Crippen LogP contribution in [0.3, 0.4) is 0 Å². The van der Waals surface area contributed by atoms with Gasteiger partial charge in [0.2, 0.25) is 0 Å². The van der Waals surface area contributed by atoms with Crippen molar-refractivity contribution in [3.8, 4) is 11.8 Å². The predicted octanol–water partition coefficient (Wildman–Crippen LogP) is 6.87. The van der Waals surface area contributed by atoms with Gasteiger partial charge in [-0.2, -0.15) is 0 Å². The number of halogens is 1. The molecular weight excluding hydrogens is 544 g/mol. The van der Waals surface area contributed by atoms with E-state index >= 15 is 0 Å². The minimum absolute atomic E-state index is 0.0646. The van der Waals surface area contributed by atoms with Crippen LogP contribution in [0, 0.1) is 11.8 Å². The average molecular weight is 569 g/mol. The number of benzene rings is 3.